The van der Waals surface area contributed by atoms with Crippen LogP contribution in [0, 0.1) is 0 Å². The van der Waals surface area contributed by atoms with E-state index in [-0.39, 0.29) is 28.5 Å². The number of nitrogens with zero attached hydrogens (tertiary/aromatic N) is 4. The normalized spacial score (nSPS) is 16.7. The van der Waals surface area contributed by atoms with Gasteiger partial charge in [-0.2, -0.15) is 5.10 Å². The summed E-state index contributed by atoms with van der Waals surface area (Å²) in [4.78, 5) is 39.7. The number of rotatable bonds is 3. The van der Waals surface area contributed by atoms with Gasteiger partial charge in [-0.15, -0.1) is 0 Å². The largest absolute Gasteiger partial charge is 0.346 e. The molecule has 1 saturated heterocycles. The fraction of sp³-hybridized carbons (Fsp3) is 0.429. The lowest BCUT2D eigenvalue weighted by Crippen LogP contribution is -2.40. The van der Waals surface area contributed by atoms with Crippen molar-refractivity contribution in [2.75, 3.05) is 13.1 Å². The number of likely N-dealkylation sites (tertiary alicyclic amines) is 1. The number of nitrogens with one attached hydrogen (secondary N) is 1. The summed E-state index contributed by atoms with van der Waals surface area (Å²) in [6, 6.07) is 5.75. The Morgan fingerprint density at radius 3 is 2.76 bits per heavy atom. The van der Waals surface area contributed by atoms with Gasteiger partial charge in [-0.25, -0.2) is 9.89 Å². The number of amides is 1. The maximum atomic E-state index is 13.2. The minimum absolute atomic E-state index is 0.135. The predicted octanol–water partition coefficient (Wildman–Crippen LogP) is 1.48. The first-order chi connectivity index (χ1) is 14.1. The van der Waals surface area contributed by atoms with Gasteiger partial charge in [0.05, 0.1) is 5.52 Å². The zero-order valence-electron chi connectivity index (χ0n) is 16.4. The third-order valence-corrected chi connectivity index (χ3v) is 6.28. The molecule has 1 fully saturated rings. The fourth-order valence-corrected chi connectivity index (χ4v) is 4.77. The Morgan fingerprint density at radius 1 is 1.21 bits per heavy atom. The van der Waals surface area contributed by atoms with E-state index in [0.29, 0.717) is 25.0 Å². The molecule has 0 unspecified atom stereocenters. The van der Waals surface area contributed by atoms with Gasteiger partial charge in [0, 0.05) is 43.7 Å². The molecule has 2 aliphatic rings. The van der Waals surface area contributed by atoms with Crippen molar-refractivity contribution in [1.29, 1.82) is 0 Å². The quantitative estimate of drug-likeness (QED) is 0.730. The highest BCUT2D eigenvalue weighted by atomic mass is 16.2. The summed E-state index contributed by atoms with van der Waals surface area (Å²) in [5, 5.41) is 7.33. The van der Waals surface area contributed by atoms with Crippen LogP contribution < -0.4 is 11.1 Å². The van der Waals surface area contributed by atoms with Crippen LogP contribution >= 0.6 is 0 Å². The number of hydrogen-bond donors (Lipinski definition) is 1. The summed E-state index contributed by atoms with van der Waals surface area (Å²) in [7, 11) is 0. The van der Waals surface area contributed by atoms with E-state index < -0.39 is 0 Å². The van der Waals surface area contributed by atoms with Crippen molar-refractivity contribution < 1.29 is 4.79 Å². The second kappa shape index (κ2) is 6.72. The van der Waals surface area contributed by atoms with Gasteiger partial charge in [0.15, 0.2) is 0 Å². The predicted molar refractivity (Wildman–Crippen MR) is 108 cm³/mol. The average molecular weight is 393 g/mol. The number of carbonyl (C=O) groups is 1. The number of aromatic nitrogens is 4. The number of piperidine rings is 1. The molecule has 5 rings (SSSR count). The molecule has 3 aromatic rings. The number of hydrogen-bond acceptors (Lipinski definition) is 4. The molecule has 2 aliphatic heterocycles. The van der Waals surface area contributed by atoms with Crippen molar-refractivity contribution in [3.8, 4) is 0 Å². The van der Waals surface area contributed by atoms with Gasteiger partial charge < -0.3 is 9.47 Å². The van der Waals surface area contributed by atoms with Crippen molar-refractivity contribution in [1.82, 2.24) is 24.2 Å². The number of benzene rings is 1. The monoisotopic (exact) mass is 393 g/mol. The lowest BCUT2D eigenvalue weighted by molar-refractivity contribution is 0.0708. The number of aryl methyl sites for hydroxylation is 2. The van der Waals surface area contributed by atoms with Crippen molar-refractivity contribution in [2.45, 2.75) is 45.2 Å². The van der Waals surface area contributed by atoms with Crippen LogP contribution in [0.25, 0.3) is 10.9 Å². The first kappa shape index (κ1) is 17.9. The minimum atomic E-state index is -0.202. The molecular formula is C21H23N5O3. The third-order valence-electron chi connectivity index (χ3n) is 6.28. The highest BCUT2D eigenvalue weighted by Gasteiger charge is 2.30. The lowest BCUT2D eigenvalue weighted by atomic mass is 9.95. The van der Waals surface area contributed by atoms with E-state index in [9.17, 15) is 14.4 Å². The fourth-order valence-electron chi connectivity index (χ4n) is 4.77. The Morgan fingerprint density at radius 2 is 2.00 bits per heavy atom. The van der Waals surface area contributed by atoms with Crippen LogP contribution in [0.2, 0.25) is 0 Å². The summed E-state index contributed by atoms with van der Waals surface area (Å²) in [5.74, 6) is 0.693. The molecule has 0 spiro atoms. The van der Waals surface area contributed by atoms with E-state index in [2.05, 4.69) is 10.2 Å². The molecule has 8 nitrogen and oxygen atoms in total. The zero-order chi connectivity index (χ0) is 20.1. The SMILES string of the molecule is CCn1c(C2CCN(C(=O)c3cn4c5c(cccc5c3=O)CC4)CC2)n[nH]c1=O. The summed E-state index contributed by atoms with van der Waals surface area (Å²) in [6.45, 7) is 4.38. The zero-order valence-corrected chi connectivity index (χ0v) is 16.4. The van der Waals surface area contributed by atoms with Gasteiger partial charge in [-0.1, -0.05) is 12.1 Å². The standard InChI is InChI=1S/C21H23N5O3/c1-2-26-19(22-23-21(26)29)14-7-9-24(10-8-14)20(28)16-12-25-11-6-13-4-3-5-15(17(13)25)18(16)27/h3-5,12,14H,2,6-11H2,1H3,(H,23,29). The lowest BCUT2D eigenvalue weighted by Gasteiger charge is -2.31. The van der Waals surface area contributed by atoms with Gasteiger partial charge in [0.25, 0.3) is 5.91 Å². The highest BCUT2D eigenvalue weighted by molar-refractivity contribution is 5.98. The van der Waals surface area contributed by atoms with E-state index in [1.165, 1.54) is 5.56 Å². The van der Waals surface area contributed by atoms with Gasteiger partial charge in [0.2, 0.25) is 5.43 Å². The van der Waals surface area contributed by atoms with Crippen LogP contribution in [-0.2, 0) is 19.5 Å². The van der Waals surface area contributed by atoms with Crippen molar-refractivity contribution in [3.05, 3.63) is 62.1 Å². The first-order valence-electron chi connectivity index (χ1n) is 10.2. The van der Waals surface area contributed by atoms with Gasteiger partial charge >= 0.3 is 5.69 Å². The van der Waals surface area contributed by atoms with Crippen LogP contribution in [-0.4, -0.2) is 43.2 Å². The van der Waals surface area contributed by atoms with E-state index in [4.69, 9.17) is 0 Å². The smallest absolute Gasteiger partial charge is 0.343 e. The minimum Gasteiger partial charge on any atom is -0.346 e. The maximum Gasteiger partial charge on any atom is 0.343 e. The molecule has 0 aliphatic carbocycles. The van der Waals surface area contributed by atoms with Crippen LogP contribution in [0.4, 0.5) is 0 Å². The molecule has 0 atom stereocenters. The Balaban J connectivity index is 1.40. The number of aromatic amines is 1. The maximum absolute atomic E-state index is 13.2. The molecule has 0 saturated carbocycles. The van der Waals surface area contributed by atoms with E-state index in [1.807, 2.05) is 29.7 Å². The molecule has 0 bridgehead atoms. The summed E-state index contributed by atoms with van der Waals surface area (Å²) in [6.07, 6.45) is 4.07. The van der Waals surface area contributed by atoms with Crippen LogP contribution in [0.1, 0.15) is 47.4 Å². The first-order valence-corrected chi connectivity index (χ1v) is 10.2. The van der Waals surface area contributed by atoms with E-state index in [1.54, 1.807) is 15.7 Å². The molecule has 2 aromatic heterocycles. The number of para-hydroxylation sites is 1. The second-order valence-corrected chi connectivity index (χ2v) is 7.83. The van der Waals surface area contributed by atoms with Crippen LogP contribution in [0.3, 0.4) is 0 Å². The molecule has 29 heavy (non-hydrogen) atoms. The van der Waals surface area contributed by atoms with Gasteiger partial charge in [-0.3, -0.25) is 14.2 Å². The van der Waals surface area contributed by atoms with E-state index >= 15 is 0 Å². The molecular weight excluding hydrogens is 370 g/mol. The highest BCUT2D eigenvalue weighted by Crippen LogP contribution is 2.28. The van der Waals surface area contributed by atoms with Crippen LogP contribution in [0.5, 0.6) is 0 Å². The molecule has 150 valence electrons. The van der Waals surface area contributed by atoms with Crippen molar-refractivity contribution >= 4 is 16.8 Å². The Bertz CT molecular complexity index is 1230. The van der Waals surface area contributed by atoms with Gasteiger partial charge in [-0.05, 0) is 37.8 Å². The molecule has 1 amide bonds. The topological polar surface area (TPSA) is 93.0 Å². The Kier molecular flexibility index (Phi) is 4.15. The van der Waals surface area contributed by atoms with Crippen molar-refractivity contribution in [2.24, 2.45) is 0 Å². The average Bonchev–Trinajstić information content (AvgIpc) is 3.34. The van der Waals surface area contributed by atoms with E-state index in [0.717, 1.165) is 37.1 Å². The number of carbonyl (C=O) groups excluding carboxylic acids is 1. The molecule has 1 aromatic carbocycles. The summed E-state index contributed by atoms with van der Waals surface area (Å²) >= 11 is 0. The Labute approximate surface area is 166 Å². The second-order valence-electron chi connectivity index (χ2n) is 7.83. The Hall–Kier alpha value is -3.16. The van der Waals surface area contributed by atoms with Crippen molar-refractivity contribution in [3.63, 3.8) is 0 Å². The number of H-pyrrole nitrogens is 1. The molecule has 8 heteroatoms. The summed E-state index contributed by atoms with van der Waals surface area (Å²) in [5.41, 5.74) is 2.01. The number of pyridine rings is 1. The summed E-state index contributed by atoms with van der Waals surface area (Å²) < 4.78 is 3.69. The van der Waals surface area contributed by atoms with Crippen LogP contribution in [0.15, 0.2) is 34.0 Å². The third kappa shape index (κ3) is 2.73. The van der Waals surface area contributed by atoms with Gasteiger partial charge in [0.1, 0.15) is 11.4 Å². The molecule has 4 heterocycles. The molecule has 0 radical (unpaired) electrons. The molecule has 1 N–H and O–H groups in total.